The van der Waals surface area contributed by atoms with Crippen LogP contribution in [0.5, 0.6) is 0 Å². The van der Waals surface area contributed by atoms with E-state index in [2.05, 4.69) is 10.3 Å². The lowest BCUT2D eigenvalue weighted by molar-refractivity contribution is 0.0697. The molecule has 0 bridgehead atoms. The second-order valence-corrected chi connectivity index (χ2v) is 4.45. The molecule has 1 aromatic rings. The molecular formula is C12H17N3O2. The third kappa shape index (κ3) is 2.87. The van der Waals surface area contributed by atoms with Gasteiger partial charge in [-0.05, 0) is 18.9 Å². The molecule has 0 spiro atoms. The molecule has 1 fully saturated rings. The number of aromatic carboxylic acids is 1. The van der Waals surface area contributed by atoms with Crippen molar-refractivity contribution in [2.75, 3.05) is 11.1 Å². The van der Waals surface area contributed by atoms with Crippen LogP contribution in [0.2, 0.25) is 0 Å². The minimum absolute atomic E-state index is 0.149. The van der Waals surface area contributed by atoms with Gasteiger partial charge in [-0.1, -0.05) is 19.3 Å². The van der Waals surface area contributed by atoms with Gasteiger partial charge in [-0.25, -0.2) is 9.78 Å². The molecule has 1 aromatic heterocycles. The fourth-order valence-corrected chi connectivity index (χ4v) is 2.20. The van der Waals surface area contributed by atoms with Crippen LogP contribution in [0, 0.1) is 0 Å². The number of hydrogen-bond acceptors (Lipinski definition) is 4. The van der Waals surface area contributed by atoms with Gasteiger partial charge >= 0.3 is 5.97 Å². The molecule has 17 heavy (non-hydrogen) atoms. The molecule has 0 aromatic carbocycles. The zero-order valence-corrected chi connectivity index (χ0v) is 9.65. The Morgan fingerprint density at radius 3 is 2.76 bits per heavy atom. The lowest BCUT2D eigenvalue weighted by Crippen LogP contribution is -2.24. The summed E-state index contributed by atoms with van der Waals surface area (Å²) in [4.78, 5) is 15.2. The summed E-state index contributed by atoms with van der Waals surface area (Å²) in [5.74, 6) is -0.568. The Labute approximate surface area is 100 Å². The van der Waals surface area contributed by atoms with Gasteiger partial charge in [0.1, 0.15) is 11.4 Å². The number of carboxylic acids is 1. The quantitative estimate of drug-likeness (QED) is 0.746. The highest BCUT2D eigenvalue weighted by Crippen LogP contribution is 2.23. The van der Waals surface area contributed by atoms with E-state index in [0.29, 0.717) is 17.5 Å². The number of anilines is 2. The van der Waals surface area contributed by atoms with Crippen molar-refractivity contribution in [3.8, 4) is 0 Å². The van der Waals surface area contributed by atoms with Gasteiger partial charge in [-0.2, -0.15) is 0 Å². The van der Waals surface area contributed by atoms with Crippen molar-refractivity contribution in [2.24, 2.45) is 0 Å². The zero-order valence-electron chi connectivity index (χ0n) is 9.65. The summed E-state index contributed by atoms with van der Waals surface area (Å²) >= 11 is 0. The maximum atomic E-state index is 11.1. The first kappa shape index (κ1) is 11.7. The first-order chi connectivity index (χ1) is 8.16. The predicted molar refractivity (Wildman–Crippen MR) is 66.1 cm³/mol. The molecule has 4 N–H and O–H groups in total. The Morgan fingerprint density at radius 2 is 2.12 bits per heavy atom. The maximum absolute atomic E-state index is 11.1. The summed E-state index contributed by atoms with van der Waals surface area (Å²) in [6.45, 7) is 0. The number of rotatable bonds is 3. The molecule has 5 heteroatoms. The smallest absolute Gasteiger partial charge is 0.339 e. The Balaban J connectivity index is 2.16. The third-order valence-corrected chi connectivity index (χ3v) is 3.09. The van der Waals surface area contributed by atoms with Crippen LogP contribution >= 0.6 is 0 Å². The normalized spacial score (nSPS) is 16.7. The first-order valence-corrected chi connectivity index (χ1v) is 5.92. The molecular weight excluding hydrogens is 218 g/mol. The van der Waals surface area contributed by atoms with E-state index in [1.807, 2.05) is 0 Å². The van der Waals surface area contributed by atoms with Crippen LogP contribution in [0.15, 0.2) is 12.3 Å². The fraction of sp³-hybridized carbons (Fsp3) is 0.500. The Bertz CT molecular complexity index is 414. The number of pyridine rings is 1. The average Bonchev–Trinajstić information content (AvgIpc) is 2.32. The lowest BCUT2D eigenvalue weighted by Gasteiger charge is -2.23. The van der Waals surface area contributed by atoms with Gasteiger partial charge in [0.05, 0.1) is 11.9 Å². The van der Waals surface area contributed by atoms with Gasteiger partial charge in [0, 0.05) is 6.04 Å². The van der Waals surface area contributed by atoms with E-state index in [4.69, 9.17) is 10.8 Å². The van der Waals surface area contributed by atoms with E-state index in [1.165, 1.54) is 31.5 Å². The van der Waals surface area contributed by atoms with Crippen molar-refractivity contribution < 1.29 is 9.90 Å². The van der Waals surface area contributed by atoms with E-state index < -0.39 is 5.97 Å². The molecule has 0 unspecified atom stereocenters. The second kappa shape index (κ2) is 5.03. The Morgan fingerprint density at radius 1 is 1.41 bits per heavy atom. The van der Waals surface area contributed by atoms with Crippen molar-refractivity contribution in [3.63, 3.8) is 0 Å². The Kier molecular flexibility index (Phi) is 3.46. The van der Waals surface area contributed by atoms with Crippen molar-refractivity contribution in [2.45, 2.75) is 38.1 Å². The number of nitrogens with two attached hydrogens (primary N) is 1. The predicted octanol–water partition coefficient (Wildman–Crippen LogP) is 2.11. The number of carboxylic acid groups (broad SMARTS) is 1. The van der Waals surface area contributed by atoms with Crippen molar-refractivity contribution in [1.29, 1.82) is 0 Å². The molecule has 0 atom stereocenters. The van der Waals surface area contributed by atoms with Crippen LogP contribution in [0.4, 0.5) is 11.5 Å². The standard InChI is InChI=1S/C12H17N3O2/c13-8-6-10(12(16)17)11(14-7-8)15-9-4-2-1-3-5-9/h6-7,9H,1-5,13H2,(H,14,15)(H,16,17). The SMILES string of the molecule is Nc1cnc(NC2CCCCC2)c(C(=O)O)c1. The molecule has 0 amide bonds. The molecule has 5 nitrogen and oxygen atoms in total. The molecule has 92 valence electrons. The number of hydrogen-bond donors (Lipinski definition) is 3. The number of aromatic nitrogens is 1. The third-order valence-electron chi connectivity index (χ3n) is 3.09. The van der Waals surface area contributed by atoms with Crippen LogP contribution in [0.25, 0.3) is 0 Å². The van der Waals surface area contributed by atoms with E-state index in [9.17, 15) is 4.79 Å². The van der Waals surface area contributed by atoms with Crippen molar-refractivity contribution in [3.05, 3.63) is 17.8 Å². The summed E-state index contributed by atoms with van der Waals surface area (Å²) in [7, 11) is 0. The topological polar surface area (TPSA) is 88.2 Å². The molecule has 1 saturated carbocycles. The lowest BCUT2D eigenvalue weighted by atomic mass is 9.95. The Hall–Kier alpha value is -1.78. The second-order valence-electron chi connectivity index (χ2n) is 4.45. The average molecular weight is 235 g/mol. The van der Waals surface area contributed by atoms with Crippen LogP contribution < -0.4 is 11.1 Å². The molecule has 1 aliphatic carbocycles. The van der Waals surface area contributed by atoms with Crippen LogP contribution in [-0.2, 0) is 0 Å². The van der Waals surface area contributed by atoms with Gasteiger partial charge < -0.3 is 16.2 Å². The van der Waals surface area contributed by atoms with Gasteiger partial charge in [-0.15, -0.1) is 0 Å². The molecule has 2 rings (SSSR count). The largest absolute Gasteiger partial charge is 0.478 e. The molecule has 1 aliphatic rings. The monoisotopic (exact) mass is 235 g/mol. The van der Waals surface area contributed by atoms with Gasteiger partial charge in [0.25, 0.3) is 0 Å². The molecule has 0 radical (unpaired) electrons. The molecule has 0 aliphatic heterocycles. The summed E-state index contributed by atoms with van der Waals surface area (Å²) in [5, 5.41) is 12.3. The highest BCUT2D eigenvalue weighted by Gasteiger charge is 2.17. The maximum Gasteiger partial charge on any atom is 0.339 e. The van der Waals surface area contributed by atoms with E-state index in [0.717, 1.165) is 12.8 Å². The minimum Gasteiger partial charge on any atom is -0.478 e. The number of nitrogens with zero attached hydrogens (tertiary/aromatic N) is 1. The van der Waals surface area contributed by atoms with Crippen molar-refractivity contribution >= 4 is 17.5 Å². The fourth-order valence-electron chi connectivity index (χ4n) is 2.20. The van der Waals surface area contributed by atoms with Crippen molar-refractivity contribution in [1.82, 2.24) is 4.98 Å². The summed E-state index contributed by atoms with van der Waals surface area (Å²) in [6.07, 6.45) is 7.27. The van der Waals surface area contributed by atoms with Gasteiger partial charge in [0.2, 0.25) is 0 Å². The van der Waals surface area contributed by atoms with Gasteiger partial charge in [-0.3, -0.25) is 0 Å². The number of carbonyl (C=O) groups is 1. The van der Waals surface area contributed by atoms with E-state index >= 15 is 0 Å². The summed E-state index contributed by atoms with van der Waals surface area (Å²) in [5.41, 5.74) is 6.07. The highest BCUT2D eigenvalue weighted by atomic mass is 16.4. The van der Waals surface area contributed by atoms with E-state index in [1.54, 1.807) is 0 Å². The first-order valence-electron chi connectivity index (χ1n) is 5.92. The number of nitrogens with one attached hydrogen (secondary N) is 1. The van der Waals surface area contributed by atoms with Crippen LogP contribution in [-0.4, -0.2) is 22.1 Å². The number of nitrogen functional groups attached to an aromatic ring is 1. The molecule has 1 heterocycles. The van der Waals surface area contributed by atoms with E-state index in [-0.39, 0.29) is 5.56 Å². The highest BCUT2D eigenvalue weighted by molar-refractivity contribution is 5.94. The van der Waals surface area contributed by atoms with Gasteiger partial charge in [0.15, 0.2) is 0 Å². The molecule has 0 saturated heterocycles. The minimum atomic E-state index is -0.997. The summed E-state index contributed by atoms with van der Waals surface area (Å²) in [6, 6.07) is 1.78. The van der Waals surface area contributed by atoms with Crippen LogP contribution in [0.1, 0.15) is 42.5 Å². The zero-order chi connectivity index (χ0) is 12.3. The van der Waals surface area contributed by atoms with Crippen LogP contribution in [0.3, 0.4) is 0 Å². The summed E-state index contributed by atoms with van der Waals surface area (Å²) < 4.78 is 0.